The predicted molar refractivity (Wildman–Crippen MR) is 71.0 cm³/mol. The summed E-state index contributed by atoms with van der Waals surface area (Å²) < 4.78 is 14.0. The van der Waals surface area contributed by atoms with Gasteiger partial charge in [0.25, 0.3) is 0 Å². The van der Waals surface area contributed by atoms with Crippen LogP contribution in [0, 0.1) is 5.82 Å². The zero-order valence-electron chi connectivity index (χ0n) is 10.7. The highest BCUT2D eigenvalue weighted by atomic mass is 19.1. The normalized spacial score (nSPS) is 24.1. The van der Waals surface area contributed by atoms with Crippen LogP contribution in [0.25, 0.3) is 0 Å². The molecular weight excluding hydrogens is 227 g/mol. The van der Waals surface area contributed by atoms with E-state index in [1.807, 2.05) is 12.1 Å². The summed E-state index contributed by atoms with van der Waals surface area (Å²) >= 11 is 0. The summed E-state index contributed by atoms with van der Waals surface area (Å²) in [5.74, 6) is -0.0946. The van der Waals surface area contributed by atoms with Crippen LogP contribution in [0.4, 0.5) is 4.39 Å². The van der Waals surface area contributed by atoms with E-state index in [9.17, 15) is 4.39 Å². The standard InChI is InChI=1S/C15H21FN2/c16-14-4-2-1-3-13(14)15(11-17)7-9-18(10-8-15)12-5-6-12/h1-4,12H,5-11,17H2. The highest BCUT2D eigenvalue weighted by Crippen LogP contribution is 2.39. The number of rotatable bonds is 3. The molecule has 2 fully saturated rings. The summed E-state index contributed by atoms with van der Waals surface area (Å²) in [6.07, 6.45) is 4.66. The van der Waals surface area contributed by atoms with Crippen molar-refractivity contribution >= 4 is 0 Å². The average Bonchev–Trinajstić information content (AvgIpc) is 3.24. The minimum Gasteiger partial charge on any atom is -0.330 e. The van der Waals surface area contributed by atoms with Gasteiger partial charge in [-0.25, -0.2) is 4.39 Å². The molecule has 18 heavy (non-hydrogen) atoms. The van der Waals surface area contributed by atoms with E-state index in [1.165, 1.54) is 12.8 Å². The van der Waals surface area contributed by atoms with E-state index in [-0.39, 0.29) is 11.2 Å². The quantitative estimate of drug-likeness (QED) is 0.889. The third-order valence-electron chi connectivity index (χ3n) is 4.65. The molecule has 2 aliphatic rings. The van der Waals surface area contributed by atoms with Crippen molar-refractivity contribution in [1.29, 1.82) is 0 Å². The van der Waals surface area contributed by atoms with E-state index in [0.717, 1.165) is 37.5 Å². The summed E-state index contributed by atoms with van der Waals surface area (Å²) in [5.41, 5.74) is 6.67. The molecule has 1 aromatic carbocycles. The molecule has 1 aliphatic carbocycles. The molecule has 2 nitrogen and oxygen atoms in total. The lowest BCUT2D eigenvalue weighted by molar-refractivity contribution is 0.153. The zero-order chi connectivity index (χ0) is 12.6. The first kappa shape index (κ1) is 12.1. The Hall–Kier alpha value is -0.930. The molecule has 3 rings (SSSR count). The van der Waals surface area contributed by atoms with E-state index in [0.29, 0.717) is 6.54 Å². The van der Waals surface area contributed by atoms with E-state index in [2.05, 4.69) is 4.90 Å². The number of hydrogen-bond donors (Lipinski definition) is 1. The fourth-order valence-corrected chi connectivity index (χ4v) is 3.23. The minimum atomic E-state index is -0.142. The molecule has 1 saturated carbocycles. The third kappa shape index (κ3) is 2.06. The van der Waals surface area contributed by atoms with E-state index >= 15 is 0 Å². The maximum absolute atomic E-state index is 14.0. The lowest BCUT2D eigenvalue weighted by atomic mass is 9.72. The second-order valence-corrected chi connectivity index (χ2v) is 5.73. The summed E-state index contributed by atoms with van der Waals surface area (Å²) in [5, 5.41) is 0. The first-order chi connectivity index (χ1) is 8.75. The fraction of sp³-hybridized carbons (Fsp3) is 0.600. The van der Waals surface area contributed by atoms with Gasteiger partial charge in [0.1, 0.15) is 5.82 Å². The first-order valence-corrected chi connectivity index (χ1v) is 6.94. The molecule has 0 spiro atoms. The number of nitrogens with two attached hydrogens (primary N) is 1. The largest absolute Gasteiger partial charge is 0.330 e. The topological polar surface area (TPSA) is 29.3 Å². The number of piperidine rings is 1. The van der Waals surface area contributed by atoms with Crippen LogP contribution >= 0.6 is 0 Å². The van der Waals surface area contributed by atoms with E-state index in [1.54, 1.807) is 12.1 Å². The molecule has 0 unspecified atom stereocenters. The van der Waals surface area contributed by atoms with Gasteiger partial charge in [-0.15, -0.1) is 0 Å². The Morgan fingerprint density at radius 2 is 1.89 bits per heavy atom. The van der Waals surface area contributed by atoms with Gasteiger partial charge in [-0.2, -0.15) is 0 Å². The molecule has 0 amide bonds. The second-order valence-electron chi connectivity index (χ2n) is 5.73. The summed E-state index contributed by atoms with van der Waals surface area (Å²) in [6, 6.07) is 7.95. The molecular formula is C15H21FN2. The van der Waals surface area contributed by atoms with Gasteiger partial charge in [-0.1, -0.05) is 18.2 Å². The number of nitrogens with zero attached hydrogens (tertiary/aromatic N) is 1. The van der Waals surface area contributed by atoms with Crippen LogP contribution in [0.5, 0.6) is 0 Å². The van der Waals surface area contributed by atoms with Gasteiger partial charge in [0, 0.05) is 18.0 Å². The molecule has 98 valence electrons. The highest BCUT2D eigenvalue weighted by molar-refractivity contribution is 5.28. The van der Waals surface area contributed by atoms with Crippen molar-refractivity contribution in [2.24, 2.45) is 5.73 Å². The van der Waals surface area contributed by atoms with Crippen LogP contribution in [-0.2, 0) is 5.41 Å². The minimum absolute atomic E-state index is 0.0946. The Kier molecular flexibility index (Phi) is 3.12. The van der Waals surface area contributed by atoms with Gasteiger partial charge in [-0.3, -0.25) is 0 Å². The lowest BCUT2D eigenvalue weighted by Crippen LogP contribution is -2.47. The van der Waals surface area contributed by atoms with Crippen LogP contribution in [0.2, 0.25) is 0 Å². The number of hydrogen-bond acceptors (Lipinski definition) is 2. The van der Waals surface area contributed by atoms with Crippen molar-refractivity contribution in [1.82, 2.24) is 4.90 Å². The van der Waals surface area contributed by atoms with Crippen molar-refractivity contribution in [2.45, 2.75) is 37.1 Å². The second kappa shape index (κ2) is 4.63. The third-order valence-corrected chi connectivity index (χ3v) is 4.65. The number of halogens is 1. The van der Waals surface area contributed by atoms with Crippen LogP contribution in [-0.4, -0.2) is 30.6 Å². The van der Waals surface area contributed by atoms with Crippen molar-refractivity contribution in [3.05, 3.63) is 35.6 Å². The number of likely N-dealkylation sites (tertiary alicyclic amines) is 1. The van der Waals surface area contributed by atoms with Gasteiger partial charge in [0.05, 0.1) is 0 Å². The fourth-order valence-electron chi connectivity index (χ4n) is 3.23. The molecule has 0 bridgehead atoms. The van der Waals surface area contributed by atoms with Gasteiger partial charge in [-0.05, 0) is 50.4 Å². The van der Waals surface area contributed by atoms with Crippen LogP contribution < -0.4 is 5.73 Å². The summed E-state index contributed by atoms with van der Waals surface area (Å²) in [6.45, 7) is 2.68. The Labute approximate surface area is 108 Å². The van der Waals surface area contributed by atoms with Gasteiger partial charge in [0.15, 0.2) is 0 Å². The predicted octanol–water partition coefficient (Wildman–Crippen LogP) is 2.28. The van der Waals surface area contributed by atoms with E-state index < -0.39 is 0 Å². The Morgan fingerprint density at radius 1 is 1.22 bits per heavy atom. The maximum Gasteiger partial charge on any atom is 0.127 e. The molecule has 1 aromatic rings. The monoisotopic (exact) mass is 248 g/mol. The molecule has 0 aromatic heterocycles. The van der Waals surface area contributed by atoms with Crippen molar-refractivity contribution in [3.8, 4) is 0 Å². The van der Waals surface area contributed by atoms with Crippen molar-refractivity contribution in [2.75, 3.05) is 19.6 Å². The van der Waals surface area contributed by atoms with Gasteiger partial charge < -0.3 is 10.6 Å². The van der Waals surface area contributed by atoms with Crippen molar-refractivity contribution in [3.63, 3.8) is 0 Å². The maximum atomic E-state index is 14.0. The lowest BCUT2D eigenvalue weighted by Gasteiger charge is -2.42. The molecule has 0 atom stereocenters. The molecule has 1 saturated heterocycles. The van der Waals surface area contributed by atoms with Gasteiger partial charge >= 0.3 is 0 Å². The van der Waals surface area contributed by atoms with E-state index in [4.69, 9.17) is 5.73 Å². The first-order valence-electron chi connectivity index (χ1n) is 6.94. The molecule has 2 N–H and O–H groups in total. The van der Waals surface area contributed by atoms with Crippen LogP contribution in [0.15, 0.2) is 24.3 Å². The SMILES string of the molecule is NCC1(c2ccccc2F)CCN(C2CC2)CC1. The Morgan fingerprint density at radius 3 is 2.44 bits per heavy atom. The average molecular weight is 248 g/mol. The highest BCUT2D eigenvalue weighted by Gasteiger charge is 2.40. The number of benzene rings is 1. The molecule has 1 heterocycles. The Bertz CT molecular complexity index is 420. The van der Waals surface area contributed by atoms with Gasteiger partial charge in [0.2, 0.25) is 0 Å². The van der Waals surface area contributed by atoms with Crippen molar-refractivity contribution < 1.29 is 4.39 Å². The van der Waals surface area contributed by atoms with Crippen LogP contribution in [0.3, 0.4) is 0 Å². The smallest absolute Gasteiger partial charge is 0.127 e. The Balaban J connectivity index is 1.81. The molecule has 3 heteroatoms. The molecule has 1 aliphatic heterocycles. The molecule has 0 radical (unpaired) electrons. The summed E-state index contributed by atoms with van der Waals surface area (Å²) in [7, 11) is 0. The zero-order valence-corrected chi connectivity index (χ0v) is 10.7. The summed E-state index contributed by atoms with van der Waals surface area (Å²) in [4.78, 5) is 2.55. The van der Waals surface area contributed by atoms with Crippen LogP contribution in [0.1, 0.15) is 31.2 Å².